The molecule has 7 nitrogen and oxygen atoms in total. The van der Waals surface area contributed by atoms with Crippen molar-refractivity contribution >= 4 is 16.9 Å². The predicted octanol–water partition coefficient (Wildman–Crippen LogP) is 1.40. The number of aliphatic hydroxyl groups excluding tert-OH is 1. The summed E-state index contributed by atoms with van der Waals surface area (Å²) in [6.45, 7) is 3.47. The van der Waals surface area contributed by atoms with Crippen LogP contribution in [0.1, 0.15) is 43.0 Å². The minimum atomic E-state index is -0.244. The van der Waals surface area contributed by atoms with E-state index in [1.54, 1.807) is 22.8 Å². The average molecular weight is 347 g/mol. The molecule has 1 fully saturated rings. The normalized spacial score (nSPS) is 20.7. The van der Waals surface area contributed by atoms with Crippen molar-refractivity contribution in [1.29, 1.82) is 0 Å². The maximum atomic E-state index is 12.4. The summed E-state index contributed by atoms with van der Waals surface area (Å²) in [6, 6.07) is 5.33. The van der Waals surface area contributed by atoms with Gasteiger partial charge < -0.3 is 20.1 Å². The van der Waals surface area contributed by atoms with Crippen LogP contribution in [0.3, 0.4) is 0 Å². The summed E-state index contributed by atoms with van der Waals surface area (Å²) in [7, 11) is 0. The molecule has 0 bridgehead atoms. The molecule has 1 heterocycles. The number of rotatable bonds is 6. The van der Waals surface area contributed by atoms with Gasteiger partial charge in [-0.05, 0) is 50.8 Å². The van der Waals surface area contributed by atoms with Crippen LogP contribution in [0, 0.1) is 0 Å². The molecular formula is C18H25N3O4. The molecule has 0 saturated heterocycles. The molecule has 1 aromatic heterocycles. The lowest BCUT2D eigenvalue weighted by molar-refractivity contribution is 0.0867. The first-order chi connectivity index (χ1) is 12.1. The Balaban J connectivity index is 1.72. The van der Waals surface area contributed by atoms with Gasteiger partial charge in [0.15, 0.2) is 0 Å². The molecule has 136 valence electrons. The number of aromatic nitrogens is 2. The third-order valence-electron chi connectivity index (χ3n) is 4.73. The number of benzene rings is 1. The quantitative estimate of drug-likeness (QED) is 0.688. The Bertz CT molecular complexity index is 787. The number of hydrogen-bond donors (Lipinski definition) is 3. The van der Waals surface area contributed by atoms with Gasteiger partial charge in [0, 0.05) is 18.2 Å². The molecule has 1 aliphatic carbocycles. The number of hydrogen-bond acceptors (Lipinski definition) is 4. The van der Waals surface area contributed by atoms with E-state index >= 15 is 0 Å². The molecule has 0 unspecified atom stereocenters. The van der Waals surface area contributed by atoms with Crippen molar-refractivity contribution in [2.75, 3.05) is 13.2 Å². The number of imidazole rings is 1. The molecule has 0 radical (unpaired) electrons. The number of H-pyrrole nitrogens is 1. The van der Waals surface area contributed by atoms with Crippen molar-refractivity contribution in [2.45, 2.75) is 51.3 Å². The molecule has 2 aromatic rings. The van der Waals surface area contributed by atoms with E-state index in [0.29, 0.717) is 30.8 Å². The van der Waals surface area contributed by atoms with Crippen molar-refractivity contribution < 1.29 is 14.6 Å². The van der Waals surface area contributed by atoms with Crippen LogP contribution >= 0.6 is 0 Å². The molecule has 1 saturated carbocycles. The molecule has 1 aromatic carbocycles. The maximum absolute atomic E-state index is 12.4. The predicted molar refractivity (Wildman–Crippen MR) is 94.8 cm³/mol. The van der Waals surface area contributed by atoms with Gasteiger partial charge in [-0.1, -0.05) is 0 Å². The highest BCUT2D eigenvalue weighted by molar-refractivity contribution is 5.97. The fourth-order valence-corrected chi connectivity index (χ4v) is 3.32. The lowest BCUT2D eigenvalue weighted by atomic mass is 9.93. The van der Waals surface area contributed by atoms with Crippen LogP contribution in [0.2, 0.25) is 0 Å². The van der Waals surface area contributed by atoms with Crippen LogP contribution in [0.25, 0.3) is 11.0 Å². The van der Waals surface area contributed by atoms with Gasteiger partial charge in [-0.2, -0.15) is 0 Å². The van der Waals surface area contributed by atoms with Crippen LogP contribution in [0.15, 0.2) is 23.0 Å². The first-order valence-electron chi connectivity index (χ1n) is 8.87. The third-order valence-corrected chi connectivity index (χ3v) is 4.73. The van der Waals surface area contributed by atoms with Gasteiger partial charge in [0.05, 0.1) is 30.3 Å². The number of carbonyl (C=O) groups excluding carboxylic acids is 1. The Morgan fingerprint density at radius 2 is 2.12 bits per heavy atom. The highest BCUT2D eigenvalue weighted by atomic mass is 16.5. The SMILES string of the molecule is CCOCCn1c(=O)[nH]c2cc(C(=O)NC3CCC(O)CC3)ccc21. The number of nitrogens with zero attached hydrogens (tertiary/aromatic N) is 1. The van der Waals surface area contributed by atoms with Gasteiger partial charge in [-0.25, -0.2) is 4.79 Å². The topological polar surface area (TPSA) is 96.4 Å². The summed E-state index contributed by atoms with van der Waals surface area (Å²) in [5, 5.41) is 12.6. The average Bonchev–Trinajstić information content (AvgIpc) is 2.92. The monoisotopic (exact) mass is 347 g/mol. The summed E-state index contributed by atoms with van der Waals surface area (Å²) in [5.74, 6) is -0.147. The van der Waals surface area contributed by atoms with Crippen LogP contribution in [-0.4, -0.2) is 45.9 Å². The van der Waals surface area contributed by atoms with Crippen molar-refractivity contribution in [3.8, 4) is 0 Å². The number of amides is 1. The van der Waals surface area contributed by atoms with Crippen LogP contribution in [-0.2, 0) is 11.3 Å². The van der Waals surface area contributed by atoms with Gasteiger partial charge in [0.25, 0.3) is 5.91 Å². The number of aromatic amines is 1. The zero-order valence-electron chi connectivity index (χ0n) is 14.5. The molecule has 25 heavy (non-hydrogen) atoms. The molecule has 0 atom stereocenters. The first kappa shape index (κ1) is 17.7. The van der Waals surface area contributed by atoms with E-state index in [0.717, 1.165) is 31.2 Å². The second-order valence-corrected chi connectivity index (χ2v) is 6.49. The molecule has 7 heteroatoms. The second-order valence-electron chi connectivity index (χ2n) is 6.49. The Labute approximate surface area is 146 Å². The fraction of sp³-hybridized carbons (Fsp3) is 0.556. The molecule has 1 aliphatic rings. The summed E-state index contributed by atoms with van der Waals surface area (Å²) < 4.78 is 6.93. The van der Waals surface area contributed by atoms with Crippen molar-refractivity contribution in [1.82, 2.24) is 14.9 Å². The summed E-state index contributed by atoms with van der Waals surface area (Å²) in [5.41, 5.74) is 1.74. The van der Waals surface area contributed by atoms with Crippen LogP contribution in [0.5, 0.6) is 0 Å². The van der Waals surface area contributed by atoms with Gasteiger partial charge in [-0.15, -0.1) is 0 Å². The highest BCUT2D eigenvalue weighted by Crippen LogP contribution is 2.19. The lowest BCUT2D eigenvalue weighted by Gasteiger charge is -2.26. The first-order valence-corrected chi connectivity index (χ1v) is 8.87. The Morgan fingerprint density at radius 3 is 2.84 bits per heavy atom. The van der Waals surface area contributed by atoms with E-state index in [9.17, 15) is 14.7 Å². The van der Waals surface area contributed by atoms with Crippen LogP contribution < -0.4 is 11.0 Å². The number of fused-ring (bicyclic) bond motifs is 1. The molecule has 3 rings (SSSR count). The Morgan fingerprint density at radius 1 is 1.36 bits per heavy atom. The summed E-state index contributed by atoms with van der Waals surface area (Å²) >= 11 is 0. The van der Waals surface area contributed by atoms with Crippen molar-refractivity contribution in [3.05, 3.63) is 34.2 Å². The number of ether oxygens (including phenoxy) is 1. The standard InChI is InChI=1S/C18H25N3O4/c1-2-25-10-9-21-16-8-3-12(11-15(16)20-18(21)24)17(23)19-13-4-6-14(22)7-5-13/h3,8,11,13-14,22H,2,4-7,9-10H2,1H3,(H,19,23)(H,20,24). The van der Waals surface area contributed by atoms with Crippen molar-refractivity contribution in [3.63, 3.8) is 0 Å². The molecule has 0 spiro atoms. The van der Waals surface area contributed by atoms with E-state index in [4.69, 9.17) is 4.74 Å². The molecular weight excluding hydrogens is 322 g/mol. The van der Waals surface area contributed by atoms with Gasteiger partial charge in [0.2, 0.25) is 0 Å². The summed E-state index contributed by atoms with van der Waals surface area (Å²) in [4.78, 5) is 27.3. The number of aliphatic hydroxyl groups is 1. The fourth-order valence-electron chi connectivity index (χ4n) is 3.32. The van der Waals surface area contributed by atoms with E-state index in [1.165, 1.54) is 0 Å². The zero-order chi connectivity index (χ0) is 17.8. The second kappa shape index (κ2) is 7.84. The van der Waals surface area contributed by atoms with Gasteiger partial charge in [-0.3, -0.25) is 9.36 Å². The van der Waals surface area contributed by atoms with E-state index in [-0.39, 0.29) is 23.7 Å². The maximum Gasteiger partial charge on any atom is 0.326 e. The Hall–Kier alpha value is -2.12. The van der Waals surface area contributed by atoms with Gasteiger partial charge >= 0.3 is 5.69 Å². The van der Waals surface area contributed by atoms with E-state index < -0.39 is 0 Å². The molecule has 1 amide bonds. The minimum Gasteiger partial charge on any atom is -0.393 e. The number of nitrogens with one attached hydrogen (secondary N) is 2. The molecule has 0 aliphatic heterocycles. The van der Waals surface area contributed by atoms with Gasteiger partial charge in [0.1, 0.15) is 0 Å². The minimum absolute atomic E-state index is 0.0986. The van der Waals surface area contributed by atoms with Crippen molar-refractivity contribution in [2.24, 2.45) is 0 Å². The Kier molecular flexibility index (Phi) is 5.55. The highest BCUT2D eigenvalue weighted by Gasteiger charge is 2.21. The van der Waals surface area contributed by atoms with Crippen LogP contribution in [0.4, 0.5) is 0 Å². The molecule has 3 N–H and O–H groups in total. The van der Waals surface area contributed by atoms with E-state index in [1.807, 2.05) is 6.92 Å². The zero-order valence-corrected chi connectivity index (χ0v) is 14.5. The largest absolute Gasteiger partial charge is 0.393 e. The number of carbonyl (C=O) groups is 1. The lowest BCUT2D eigenvalue weighted by Crippen LogP contribution is -2.38. The summed E-state index contributed by atoms with van der Waals surface area (Å²) in [6.07, 6.45) is 2.78. The smallest absolute Gasteiger partial charge is 0.326 e. The third kappa shape index (κ3) is 4.11. The van der Waals surface area contributed by atoms with E-state index in [2.05, 4.69) is 10.3 Å².